The van der Waals surface area contributed by atoms with E-state index >= 15 is 0 Å². The van der Waals surface area contributed by atoms with Crippen LogP contribution in [0.5, 0.6) is 0 Å². The van der Waals surface area contributed by atoms with Crippen LogP contribution in [0, 0.1) is 20.8 Å². The Morgan fingerprint density at radius 3 is 2.29 bits per heavy atom. The summed E-state index contributed by atoms with van der Waals surface area (Å²) >= 11 is 0. The highest BCUT2D eigenvalue weighted by molar-refractivity contribution is 5.90. The second-order valence-corrected chi connectivity index (χ2v) is 7.17. The minimum absolute atomic E-state index is 0.0623. The van der Waals surface area contributed by atoms with Gasteiger partial charge in [0.05, 0.1) is 5.69 Å². The predicted octanol–water partition coefficient (Wildman–Crippen LogP) is 4.25. The number of anilines is 1. The maximum Gasteiger partial charge on any atom is 0.266 e. The highest BCUT2D eigenvalue weighted by Crippen LogP contribution is 2.16. The lowest BCUT2D eigenvalue weighted by atomic mass is 10.1. The topological polar surface area (TPSA) is 64.0 Å². The Balaban J connectivity index is 1.61. The molecule has 0 radical (unpaired) electrons. The molecule has 3 rings (SSSR count). The van der Waals surface area contributed by atoms with E-state index < -0.39 is 0 Å². The molecule has 0 spiro atoms. The minimum Gasteiger partial charge on any atom is -0.326 e. The molecule has 2 aromatic carbocycles. The number of rotatable bonds is 6. The molecule has 0 saturated heterocycles. The van der Waals surface area contributed by atoms with Gasteiger partial charge in [-0.25, -0.2) is 4.68 Å². The van der Waals surface area contributed by atoms with Gasteiger partial charge in [-0.05, 0) is 56.5 Å². The van der Waals surface area contributed by atoms with Crippen molar-refractivity contribution in [1.82, 2.24) is 9.78 Å². The van der Waals surface area contributed by atoms with Crippen LogP contribution in [0.1, 0.15) is 29.5 Å². The van der Waals surface area contributed by atoms with E-state index in [0.717, 1.165) is 28.1 Å². The van der Waals surface area contributed by atoms with Crippen molar-refractivity contribution in [2.45, 2.75) is 40.2 Å². The first-order chi connectivity index (χ1) is 13.4. The lowest BCUT2D eigenvalue weighted by Crippen LogP contribution is -2.23. The van der Waals surface area contributed by atoms with E-state index in [1.54, 1.807) is 6.07 Å². The van der Waals surface area contributed by atoms with E-state index in [1.165, 1.54) is 16.3 Å². The number of carbonyl (C=O) groups is 1. The summed E-state index contributed by atoms with van der Waals surface area (Å²) in [6.07, 6.45) is 0.872. The summed E-state index contributed by atoms with van der Waals surface area (Å²) in [7, 11) is 0. The van der Waals surface area contributed by atoms with Crippen LogP contribution in [0.25, 0.3) is 11.3 Å². The van der Waals surface area contributed by atoms with Crippen molar-refractivity contribution in [2.24, 2.45) is 0 Å². The Kier molecular flexibility index (Phi) is 6.04. The average Bonchev–Trinajstić information content (AvgIpc) is 2.63. The van der Waals surface area contributed by atoms with Gasteiger partial charge in [0.25, 0.3) is 5.56 Å². The molecule has 3 aromatic rings. The fourth-order valence-corrected chi connectivity index (χ4v) is 3.15. The Morgan fingerprint density at radius 1 is 0.929 bits per heavy atom. The van der Waals surface area contributed by atoms with Crippen molar-refractivity contribution >= 4 is 11.6 Å². The van der Waals surface area contributed by atoms with Gasteiger partial charge in [0.1, 0.15) is 0 Å². The molecule has 1 N–H and O–H groups in total. The Hall–Kier alpha value is -3.21. The molecule has 0 aliphatic carbocycles. The summed E-state index contributed by atoms with van der Waals surface area (Å²) in [5.41, 5.74) is 5.75. The molecule has 0 saturated carbocycles. The lowest BCUT2D eigenvalue weighted by Gasteiger charge is -2.09. The molecule has 5 nitrogen and oxygen atoms in total. The molecule has 5 heteroatoms. The first-order valence-corrected chi connectivity index (χ1v) is 9.44. The third-order valence-corrected chi connectivity index (χ3v) is 4.49. The van der Waals surface area contributed by atoms with Crippen molar-refractivity contribution in [2.75, 3.05) is 5.32 Å². The summed E-state index contributed by atoms with van der Waals surface area (Å²) in [4.78, 5) is 24.3. The van der Waals surface area contributed by atoms with Crippen LogP contribution in [0.15, 0.2) is 59.4 Å². The lowest BCUT2D eigenvalue weighted by molar-refractivity contribution is -0.116. The molecule has 1 amide bonds. The quantitative estimate of drug-likeness (QED) is 0.700. The third kappa shape index (κ3) is 5.16. The van der Waals surface area contributed by atoms with Crippen LogP contribution in [-0.4, -0.2) is 15.7 Å². The summed E-state index contributed by atoms with van der Waals surface area (Å²) in [6.45, 7) is 6.43. The van der Waals surface area contributed by atoms with E-state index in [-0.39, 0.29) is 11.5 Å². The van der Waals surface area contributed by atoms with Crippen molar-refractivity contribution in [3.05, 3.63) is 81.6 Å². The zero-order valence-electron chi connectivity index (χ0n) is 16.5. The molecule has 0 unspecified atom stereocenters. The van der Waals surface area contributed by atoms with Gasteiger partial charge < -0.3 is 5.32 Å². The number of amides is 1. The summed E-state index contributed by atoms with van der Waals surface area (Å²) in [6, 6.07) is 17.2. The number of hydrogen-bond acceptors (Lipinski definition) is 3. The van der Waals surface area contributed by atoms with E-state index in [4.69, 9.17) is 0 Å². The number of nitrogens with one attached hydrogen (secondary N) is 1. The van der Waals surface area contributed by atoms with Gasteiger partial charge in [0.2, 0.25) is 5.91 Å². The second-order valence-electron chi connectivity index (χ2n) is 7.17. The SMILES string of the molecule is Cc1ccc(-c2ccc(=O)n(CCCC(=O)Nc3cc(C)cc(C)c3)n2)cc1. The summed E-state index contributed by atoms with van der Waals surface area (Å²) < 4.78 is 1.43. The van der Waals surface area contributed by atoms with Crippen LogP contribution in [-0.2, 0) is 11.3 Å². The molecular formula is C23H25N3O2. The Morgan fingerprint density at radius 2 is 1.61 bits per heavy atom. The number of hydrogen-bond donors (Lipinski definition) is 1. The third-order valence-electron chi connectivity index (χ3n) is 4.49. The summed E-state index contributed by atoms with van der Waals surface area (Å²) in [5.74, 6) is -0.0623. The molecule has 28 heavy (non-hydrogen) atoms. The van der Waals surface area contributed by atoms with Crippen LogP contribution in [0.2, 0.25) is 0 Å². The van der Waals surface area contributed by atoms with Gasteiger partial charge >= 0.3 is 0 Å². The first kappa shape index (κ1) is 19.5. The van der Waals surface area contributed by atoms with Gasteiger partial charge in [-0.2, -0.15) is 5.10 Å². The van der Waals surface area contributed by atoms with Crippen LogP contribution in [0.3, 0.4) is 0 Å². The molecule has 1 aromatic heterocycles. The zero-order valence-corrected chi connectivity index (χ0v) is 16.5. The molecule has 1 heterocycles. The smallest absolute Gasteiger partial charge is 0.266 e. The van der Waals surface area contributed by atoms with Crippen LogP contribution < -0.4 is 10.9 Å². The Bertz CT molecular complexity index is 1020. The van der Waals surface area contributed by atoms with E-state index in [1.807, 2.05) is 57.2 Å². The number of benzene rings is 2. The van der Waals surface area contributed by atoms with Gasteiger partial charge in [-0.15, -0.1) is 0 Å². The second kappa shape index (κ2) is 8.65. The monoisotopic (exact) mass is 375 g/mol. The molecule has 0 bridgehead atoms. The van der Waals surface area contributed by atoms with Gasteiger partial charge in [0.15, 0.2) is 0 Å². The maximum atomic E-state index is 12.2. The Labute approximate surface area is 165 Å². The highest BCUT2D eigenvalue weighted by atomic mass is 16.1. The van der Waals surface area contributed by atoms with Crippen LogP contribution >= 0.6 is 0 Å². The van der Waals surface area contributed by atoms with Crippen molar-refractivity contribution < 1.29 is 4.79 Å². The largest absolute Gasteiger partial charge is 0.326 e. The number of nitrogens with zero attached hydrogens (tertiary/aromatic N) is 2. The molecule has 0 aliphatic heterocycles. The fourth-order valence-electron chi connectivity index (χ4n) is 3.15. The molecule has 0 atom stereocenters. The normalized spacial score (nSPS) is 10.7. The molecule has 144 valence electrons. The van der Waals surface area contributed by atoms with Crippen molar-refractivity contribution in [3.8, 4) is 11.3 Å². The standard InChI is InChI=1S/C23H25N3O2/c1-16-6-8-19(9-7-16)21-10-11-23(28)26(25-21)12-4-5-22(27)24-20-14-17(2)13-18(3)15-20/h6-11,13-15H,4-5,12H2,1-3H3,(H,24,27). The minimum atomic E-state index is -0.162. The first-order valence-electron chi connectivity index (χ1n) is 9.44. The van der Waals surface area contributed by atoms with Gasteiger partial charge in [-0.3, -0.25) is 9.59 Å². The maximum absolute atomic E-state index is 12.2. The highest BCUT2D eigenvalue weighted by Gasteiger charge is 2.07. The van der Waals surface area contributed by atoms with Crippen LogP contribution in [0.4, 0.5) is 5.69 Å². The van der Waals surface area contributed by atoms with Gasteiger partial charge in [-0.1, -0.05) is 35.9 Å². The van der Waals surface area contributed by atoms with Crippen molar-refractivity contribution in [1.29, 1.82) is 0 Å². The molecule has 0 aliphatic rings. The zero-order chi connectivity index (χ0) is 20.1. The predicted molar refractivity (Wildman–Crippen MR) is 112 cm³/mol. The molecular weight excluding hydrogens is 350 g/mol. The van der Waals surface area contributed by atoms with E-state index in [9.17, 15) is 9.59 Å². The van der Waals surface area contributed by atoms with E-state index in [0.29, 0.717) is 19.4 Å². The van der Waals surface area contributed by atoms with E-state index in [2.05, 4.69) is 16.5 Å². The number of aromatic nitrogens is 2. The van der Waals surface area contributed by atoms with Gasteiger partial charge in [0, 0.05) is 30.3 Å². The molecule has 0 fully saturated rings. The van der Waals surface area contributed by atoms with Crippen molar-refractivity contribution in [3.63, 3.8) is 0 Å². The number of carbonyl (C=O) groups excluding carboxylic acids is 1. The fraction of sp³-hybridized carbons (Fsp3) is 0.261. The number of aryl methyl sites for hydroxylation is 4. The summed E-state index contributed by atoms with van der Waals surface area (Å²) in [5, 5.41) is 7.37. The average molecular weight is 375 g/mol.